The summed E-state index contributed by atoms with van der Waals surface area (Å²) in [6, 6.07) is 0. The van der Waals surface area contributed by atoms with E-state index in [1.54, 1.807) is 0 Å². The summed E-state index contributed by atoms with van der Waals surface area (Å²) in [6.45, 7) is 12.3. The van der Waals surface area contributed by atoms with E-state index < -0.39 is 0 Å². The summed E-state index contributed by atoms with van der Waals surface area (Å²) in [6.07, 6.45) is 1.81. The summed E-state index contributed by atoms with van der Waals surface area (Å²) < 4.78 is 0. The predicted molar refractivity (Wildman–Crippen MR) is 85.8 cm³/mol. The van der Waals surface area contributed by atoms with Crippen molar-refractivity contribution < 1.29 is 9.90 Å². The van der Waals surface area contributed by atoms with E-state index in [0.717, 1.165) is 42.6 Å². The molecule has 2 rings (SSSR count). The summed E-state index contributed by atoms with van der Waals surface area (Å²) in [7, 11) is 0. The predicted octanol–water partition coefficient (Wildman–Crippen LogP) is 3.07. The van der Waals surface area contributed by atoms with Gasteiger partial charge in [-0.1, -0.05) is 0 Å². The number of carbonyl (C=O) groups is 1. The van der Waals surface area contributed by atoms with Crippen molar-refractivity contribution in [3.8, 4) is 0 Å². The van der Waals surface area contributed by atoms with Crippen LogP contribution in [0.15, 0.2) is 0 Å². The SMILES string of the molecule is Cc1c(C)c(C)c(C(=O)N2CCC(CCO)C2)c(C)c1C. The van der Waals surface area contributed by atoms with E-state index in [-0.39, 0.29) is 12.5 Å². The molecule has 1 aliphatic heterocycles. The van der Waals surface area contributed by atoms with Crippen LogP contribution in [-0.2, 0) is 0 Å². The molecule has 21 heavy (non-hydrogen) atoms. The molecule has 1 aromatic rings. The maximum Gasteiger partial charge on any atom is 0.254 e. The molecule has 1 N–H and O–H groups in total. The molecule has 1 aliphatic rings. The smallest absolute Gasteiger partial charge is 0.254 e. The fraction of sp³-hybridized carbons (Fsp3) is 0.611. The molecule has 1 heterocycles. The minimum atomic E-state index is 0.164. The number of rotatable bonds is 3. The number of aliphatic hydroxyl groups is 1. The fourth-order valence-corrected chi connectivity index (χ4v) is 3.41. The number of aliphatic hydroxyl groups excluding tert-OH is 1. The Labute approximate surface area is 128 Å². The summed E-state index contributed by atoms with van der Waals surface area (Å²) in [5.41, 5.74) is 6.87. The lowest BCUT2D eigenvalue weighted by Crippen LogP contribution is -2.30. The Balaban J connectivity index is 2.33. The van der Waals surface area contributed by atoms with Crippen LogP contribution in [0.4, 0.5) is 0 Å². The highest BCUT2D eigenvalue weighted by molar-refractivity contribution is 5.98. The van der Waals surface area contributed by atoms with Crippen LogP contribution in [0.25, 0.3) is 0 Å². The highest BCUT2D eigenvalue weighted by Gasteiger charge is 2.29. The quantitative estimate of drug-likeness (QED) is 0.929. The fourth-order valence-electron chi connectivity index (χ4n) is 3.41. The number of amides is 1. The Kier molecular flexibility index (Phi) is 4.72. The highest BCUT2D eigenvalue weighted by Crippen LogP contribution is 2.29. The van der Waals surface area contributed by atoms with Crippen LogP contribution in [0.5, 0.6) is 0 Å². The van der Waals surface area contributed by atoms with Crippen LogP contribution in [0, 0.1) is 40.5 Å². The minimum Gasteiger partial charge on any atom is -0.396 e. The van der Waals surface area contributed by atoms with E-state index >= 15 is 0 Å². The second-order valence-corrected chi connectivity index (χ2v) is 6.42. The molecule has 116 valence electrons. The van der Waals surface area contributed by atoms with Gasteiger partial charge in [-0.25, -0.2) is 0 Å². The molecule has 0 aromatic heterocycles. The third-order valence-corrected chi connectivity index (χ3v) is 5.32. The topological polar surface area (TPSA) is 40.5 Å². The van der Waals surface area contributed by atoms with Crippen LogP contribution >= 0.6 is 0 Å². The average Bonchev–Trinajstić information content (AvgIpc) is 2.92. The van der Waals surface area contributed by atoms with Gasteiger partial charge in [0.1, 0.15) is 0 Å². The third kappa shape index (κ3) is 2.84. The first-order valence-electron chi connectivity index (χ1n) is 7.85. The van der Waals surface area contributed by atoms with Gasteiger partial charge in [0.25, 0.3) is 5.91 Å². The zero-order chi connectivity index (χ0) is 15.7. The molecule has 0 aliphatic carbocycles. The molecule has 0 spiro atoms. The molecular weight excluding hydrogens is 262 g/mol. The van der Waals surface area contributed by atoms with Crippen LogP contribution in [0.3, 0.4) is 0 Å². The highest BCUT2D eigenvalue weighted by atomic mass is 16.3. The summed E-state index contributed by atoms with van der Waals surface area (Å²) in [4.78, 5) is 14.9. The normalized spacial score (nSPS) is 18.4. The summed E-state index contributed by atoms with van der Waals surface area (Å²) in [5, 5.41) is 9.06. The van der Waals surface area contributed by atoms with Gasteiger partial charge in [0.2, 0.25) is 0 Å². The van der Waals surface area contributed by atoms with Gasteiger partial charge in [-0.15, -0.1) is 0 Å². The Bertz CT molecular complexity index is 534. The Morgan fingerprint density at radius 3 is 2.10 bits per heavy atom. The first-order valence-corrected chi connectivity index (χ1v) is 7.85. The van der Waals surface area contributed by atoms with Gasteiger partial charge >= 0.3 is 0 Å². The zero-order valence-corrected chi connectivity index (χ0v) is 13.9. The van der Waals surface area contributed by atoms with Gasteiger partial charge in [0, 0.05) is 25.3 Å². The van der Waals surface area contributed by atoms with E-state index in [1.165, 1.54) is 16.7 Å². The van der Waals surface area contributed by atoms with E-state index in [0.29, 0.717) is 5.92 Å². The molecule has 1 fully saturated rings. The molecule has 0 saturated carbocycles. The lowest BCUT2D eigenvalue weighted by molar-refractivity contribution is 0.0783. The second-order valence-electron chi connectivity index (χ2n) is 6.42. The molecular formula is C18H27NO2. The molecule has 0 radical (unpaired) electrons. The first-order chi connectivity index (χ1) is 9.88. The standard InChI is InChI=1S/C18H27NO2/c1-11-12(2)14(4)17(15(5)13(11)3)18(21)19-8-6-16(10-19)7-9-20/h16,20H,6-10H2,1-5H3. The van der Waals surface area contributed by atoms with Gasteiger partial charge in [-0.2, -0.15) is 0 Å². The van der Waals surface area contributed by atoms with Crippen molar-refractivity contribution in [1.29, 1.82) is 0 Å². The molecule has 1 amide bonds. The van der Waals surface area contributed by atoms with Crippen molar-refractivity contribution >= 4 is 5.91 Å². The molecule has 1 atom stereocenters. The molecule has 1 aromatic carbocycles. The molecule has 3 heteroatoms. The lowest BCUT2D eigenvalue weighted by Gasteiger charge is -2.23. The summed E-state index contributed by atoms with van der Waals surface area (Å²) in [5.74, 6) is 0.615. The van der Waals surface area contributed by atoms with Gasteiger partial charge in [0.15, 0.2) is 0 Å². The van der Waals surface area contributed by atoms with Crippen LogP contribution in [0.1, 0.15) is 51.0 Å². The number of nitrogens with zero attached hydrogens (tertiary/aromatic N) is 1. The second kappa shape index (κ2) is 6.18. The number of likely N-dealkylation sites (tertiary alicyclic amines) is 1. The van der Waals surface area contributed by atoms with Gasteiger partial charge in [0.05, 0.1) is 0 Å². The van der Waals surface area contributed by atoms with Crippen molar-refractivity contribution in [1.82, 2.24) is 4.90 Å². The number of hydrogen-bond acceptors (Lipinski definition) is 2. The Morgan fingerprint density at radius 1 is 1.05 bits per heavy atom. The van der Waals surface area contributed by atoms with Crippen LogP contribution < -0.4 is 0 Å². The number of carbonyl (C=O) groups excluding carboxylic acids is 1. The van der Waals surface area contributed by atoms with Gasteiger partial charge in [-0.3, -0.25) is 4.79 Å². The Morgan fingerprint density at radius 2 is 1.57 bits per heavy atom. The lowest BCUT2D eigenvalue weighted by atomic mass is 9.89. The maximum absolute atomic E-state index is 12.9. The van der Waals surface area contributed by atoms with Crippen LogP contribution in [-0.4, -0.2) is 35.6 Å². The van der Waals surface area contributed by atoms with E-state index in [1.807, 2.05) is 4.90 Å². The third-order valence-electron chi connectivity index (χ3n) is 5.32. The average molecular weight is 289 g/mol. The van der Waals surface area contributed by atoms with Crippen molar-refractivity contribution in [3.63, 3.8) is 0 Å². The molecule has 1 saturated heterocycles. The van der Waals surface area contributed by atoms with Crippen molar-refractivity contribution in [2.24, 2.45) is 5.92 Å². The van der Waals surface area contributed by atoms with Gasteiger partial charge in [-0.05, 0) is 81.2 Å². The van der Waals surface area contributed by atoms with E-state index in [4.69, 9.17) is 5.11 Å². The van der Waals surface area contributed by atoms with Crippen molar-refractivity contribution in [3.05, 3.63) is 33.4 Å². The van der Waals surface area contributed by atoms with Crippen molar-refractivity contribution in [2.45, 2.75) is 47.5 Å². The molecule has 0 bridgehead atoms. The van der Waals surface area contributed by atoms with Crippen molar-refractivity contribution in [2.75, 3.05) is 19.7 Å². The van der Waals surface area contributed by atoms with Gasteiger partial charge < -0.3 is 10.0 Å². The number of benzene rings is 1. The zero-order valence-electron chi connectivity index (χ0n) is 13.9. The molecule has 1 unspecified atom stereocenters. The monoisotopic (exact) mass is 289 g/mol. The first kappa shape index (κ1) is 16.0. The van der Waals surface area contributed by atoms with E-state index in [9.17, 15) is 4.79 Å². The van der Waals surface area contributed by atoms with Crippen LogP contribution in [0.2, 0.25) is 0 Å². The summed E-state index contributed by atoms with van der Waals surface area (Å²) >= 11 is 0. The molecule has 3 nitrogen and oxygen atoms in total. The minimum absolute atomic E-state index is 0.164. The maximum atomic E-state index is 12.9. The Hall–Kier alpha value is -1.35. The number of hydrogen-bond donors (Lipinski definition) is 1. The largest absolute Gasteiger partial charge is 0.396 e. The van der Waals surface area contributed by atoms with E-state index in [2.05, 4.69) is 34.6 Å².